The number of rotatable bonds is 2. The molecular formula is C13H18N2O. The highest BCUT2D eigenvalue weighted by Crippen LogP contribution is 2.14. The number of nitrogens with one attached hydrogen (secondary N) is 2. The first kappa shape index (κ1) is 11.1. The molecule has 1 fully saturated rings. The average Bonchev–Trinajstić information content (AvgIpc) is 2.65. The normalized spacial score (nSPS) is 24.4. The van der Waals surface area contributed by atoms with Gasteiger partial charge in [-0.15, -0.1) is 0 Å². The summed E-state index contributed by atoms with van der Waals surface area (Å²) in [4.78, 5) is 12.0. The number of benzene rings is 1. The van der Waals surface area contributed by atoms with E-state index in [-0.39, 0.29) is 11.4 Å². The van der Waals surface area contributed by atoms with Crippen molar-refractivity contribution in [1.82, 2.24) is 10.6 Å². The van der Waals surface area contributed by atoms with Gasteiger partial charge in [0.1, 0.15) is 0 Å². The summed E-state index contributed by atoms with van der Waals surface area (Å²) in [6.07, 6.45) is 0.991. The summed E-state index contributed by atoms with van der Waals surface area (Å²) in [5, 5.41) is 6.35. The molecule has 1 saturated heterocycles. The second-order valence-corrected chi connectivity index (χ2v) is 4.81. The molecule has 1 atom stereocenters. The lowest BCUT2D eigenvalue weighted by molar-refractivity contribution is 0.0913. The Morgan fingerprint density at radius 1 is 1.38 bits per heavy atom. The van der Waals surface area contributed by atoms with Gasteiger partial charge >= 0.3 is 0 Å². The Morgan fingerprint density at radius 2 is 2.06 bits per heavy atom. The molecule has 86 valence electrons. The van der Waals surface area contributed by atoms with Crippen molar-refractivity contribution in [2.45, 2.75) is 25.8 Å². The van der Waals surface area contributed by atoms with Gasteiger partial charge in [-0.2, -0.15) is 0 Å². The van der Waals surface area contributed by atoms with Gasteiger partial charge in [-0.1, -0.05) is 17.7 Å². The molecule has 0 aromatic heterocycles. The van der Waals surface area contributed by atoms with E-state index in [0.29, 0.717) is 0 Å². The molecule has 1 aromatic rings. The number of aryl methyl sites for hydroxylation is 1. The van der Waals surface area contributed by atoms with Crippen molar-refractivity contribution in [1.29, 1.82) is 0 Å². The molecule has 2 rings (SSSR count). The predicted molar refractivity (Wildman–Crippen MR) is 64.5 cm³/mol. The Bertz CT molecular complexity index is 377. The molecule has 1 aliphatic rings. The molecule has 16 heavy (non-hydrogen) atoms. The Hall–Kier alpha value is -1.35. The minimum atomic E-state index is -0.0953. The predicted octanol–water partition coefficient (Wildman–Crippen LogP) is 1.48. The molecule has 0 saturated carbocycles. The van der Waals surface area contributed by atoms with Crippen LogP contribution in [-0.2, 0) is 0 Å². The van der Waals surface area contributed by atoms with E-state index in [0.717, 1.165) is 25.1 Å². The highest BCUT2D eigenvalue weighted by molar-refractivity contribution is 5.94. The average molecular weight is 218 g/mol. The van der Waals surface area contributed by atoms with E-state index < -0.39 is 0 Å². The first-order valence-electron chi connectivity index (χ1n) is 5.69. The minimum absolute atomic E-state index is 0.0196. The van der Waals surface area contributed by atoms with Crippen molar-refractivity contribution >= 4 is 5.91 Å². The van der Waals surface area contributed by atoms with Crippen LogP contribution >= 0.6 is 0 Å². The standard InChI is InChI=1S/C13H18N2O/c1-10-3-5-11(6-4-10)12(16)15-13(2)7-8-14-9-13/h3-6,14H,7-9H2,1-2H3,(H,15,16). The maximum Gasteiger partial charge on any atom is 0.251 e. The lowest BCUT2D eigenvalue weighted by Gasteiger charge is -2.24. The van der Waals surface area contributed by atoms with Crippen molar-refractivity contribution in [2.75, 3.05) is 13.1 Å². The first-order chi connectivity index (χ1) is 7.59. The van der Waals surface area contributed by atoms with E-state index in [1.165, 1.54) is 5.56 Å². The van der Waals surface area contributed by atoms with Crippen molar-refractivity contribution in [3.05, 3.63) is 35.4 Å². The molecule has 1 aromatic carbocycles. The molecule has 1 aliphatic heterocycles. The Morgan fingerprint density at radius 3 is 2.62 bits per heavy atom. The highest BCUT2D eigenvalue weighted by atomic mass is 16.1. The third kappa shape index (κ3) is 2.42. The van der Waals surface area contributed by atoms with Crippen molar-refractivity contribution in [2.24, 2.45) is 0 Å². The van der Waals surface area contributed by atoms with Crippen molar-refractivity contribution in [3.63, 3.8) is 0 Å². The number of hydrogen-bond acceptors (Lipinski definition) is 2. The summed E-state index contributed by atoms with van der Waals surface area (Å²) in [5.41, 5.74) is 1.81. The van der Waals surface area contributed by atoms with Crippen LogP contribution in [0.25, 0.3) is 0 Å². The second kappa shape index (κ2) is 4.26. The molecule has 0 spiro atoms. The number of carbonyl (C=O) groups is 1. The van der Waals surface area contributed by atoms with Crippen LogP contribution in [0.15, 0.2) is 24.3 Å². The molecule has 1 unspecified atom stereocenters. The summed E-state index contributed by atoms with van der Waals surface area (Å²) in [6.45, 7) is 5.93. The number of carbonyl (C=O) groups excluding carboxylic acids is 1. The minimum Gasteiger partial charge on any atom is -0.346 e. The fourth-order valence-electron chi connectivity index (χ4n) is 1.97. The monoisotopic (exact) mass is 218 g/mol. The van der Waals surface area contributed by atoms with Gasteiger partial charge in [-0.05, 0) is 38.9 Å². The molecule has 1 heterocycles. The van der Waals surface area contributed by atoms with E-state index >= 15 is 0 Å². The zero-order valence-corrected chi connectivity index (χ0v) is 9.84. The van der Waals surface area contributed by atoms with Crippen LogP contribution in [0, 0.1) is 6.92 Å². The Labute approximate surface area is 96.2 Å². The van der Waals surface area contributed by atoms with Crippen LogP contribution < -0.4 is 10.6 Å². The van der Waals surface area contributed by atoms with Crippen molar-refractivity contribution < 1.29 is 4.79 Å². The smallest absolute Gasteiger partial charge is 0.251 e. The lowest BCUT2D eigenvalue weighted by Crippen LogP contribution is -2.47. The number of hydrogen-bond donors (Lipinski definition) is 2. The van der Waals surface area contributed by atoms with Crippen LogP contribution in [0.2, 0.25) is 0 Å². The Kier molecular flexibility index (Phi) is 2.97. The SMILES string of the molecule is Cc1ccc(C(=O)NC2(C)CCNC2)cc1. The molecule has 0 bridgehead atoms. The van der Waals surface area contributed by atoms with Crippen molar-refractivity contribution in [3.8, 4) is 0 Å². The molecule has 2 N–H and O–H groups in total. The van der Waals surface area contributed by atoms with Crippen LogP contribution in [0.1, 0.15) is 29.3 Å². The molecule has 3 nitrogen and oxygen atoms in total. The van der Waals surface area contributed by atoms with E-state index in [9.17, 15) is 4.79 Å². The summed E-state index contributed by atoms with van der Waals surface area (Å²) < 4.78 is 0. The summed E-state index contributed by atoms with van der Waals surface area (Å²) in [5.74, 6) is 0.0196. The van der Waals surface area contributed by atoms with Gasteiger partial charge in [-0.3, -0.25) is 4.79 Å². The molecule has 3 heteroatoms. The third-order valence-corrected chi connectivity index (χ3v) is 3.10. The molecular weight excluding hydrogens is 200 g/mol. The molecule has 0 radical (unpaired) electrons. The van der Waals surface area contributed by atoms with Crippen LogP contribution in [0.5, 0.6) is 0 Å². The fourth-order valence-corrected chi connectivity index (χ4v) is 1.97. The molecule has 0 aliphatic carbocycles. The summed E-state index contributed by atoms with van der Waals surface area (Å²) >= 11 is 0. The van der Waals surface area contributed by atoms with Crippen LogP contribution in [0.3, 0.4) is 0 Å². The zero-order chi connectivity index (χ0) is 11.6. The first-order valence-corrected chi connectivity index (χ1v) is 5.69. The fraction of sp³-hybridized carbons (Fsp3) is 0.462. The van der Waals surface area contributed by atoms with Gasteiger partial charge < -0.3 is 10.6 Å². The van der Waals surface area contributed by atoms with E-state index in [1.807, 2.05) is 31.2 Å². The van der Waals surface area contributed by atoms with Gasteiger partial charge in [0.15, 0.2) is 0 Å². The van der Waals surface area contributed by atoms with E-state index in [2.05, 4.69) is 17.6 Å². The van der Waals surface area contributed by atoms with E-state index in [1.54, 1.807) is 0 Å². The molecule has 1 amide bonds. The van der Waals surface area contributed by atoms with Gasteiger partial charge in [-0.25, -0.2) is 0 Å². The third-order valence-electron chi connectivity index (χ3n) is 3.10. The van der Waals surface area contributed by atoms with Crippen LogP contribution in [0.4, 0.5) is 0 Å². The lowest BCUT2D eigenvalue weighted by atomic mass is 10.0. The Balaban J connectivity index is 2.05. The maximum atomic E-state index is 12.0. The van der Waals surface area contributed by atoms with E-state index in [4.69, 9.17) is 0 Å². The van der Waals surface area contributed by atoms with Gasteiger partial charge in [0.2, 0.25) is 0 Å². The number of amides is 1. The quantitative estimate of drug-likeness (QED) is 0.789. The van der Waals surface area contributed by atoms with Gasteiger partial charge in [0.05, 0.1) is 5.54 Å². The summed E-state index contributed by atoms with van der Waals surface area (Å²) in [7, 11) is 0. The van der Waals surface area contributed by atoms with Crippen LogP contribution in [-0.4, -0.2) is 24.5 Å². The highest BCUT2D eigenvalue weighted by Gasteiger charge is 2.30. The largest absolute Gasteiger partial charge is 0.346 e. The maximum absolute atomic E-state index is 12.0. The zero-order valence-electron chi connectivity index (χ0n) is 9.84. The van der Waals surface area contributed by atoms with Gasteiger partial charge in [0.25, 0.3) is 5.91 Å². The topological polar surface area (TPSA) is 41.1 Å². The summed E-state index contributed by atoms with van der Waals surface area (Å²) in [6, 6.07) is 7.67. The second-order valence-electron chi connectivity index (χ2n) is 4.81. The van der Waals surface area contributed by atoms with Gasteiger partial charge in [0, 0.05) is 12.1 Å².